The number of imidazole rings is 1. The van der Waals surface area contributed by atoms with Crippen molar-refractivity contribution in [3.63, 3.8) is 0 Å². The molecule has 90 valence electrons. The van der Waals surface area contributed by atoms with Crippen molar-refractivity contribution in [3.05, 3.63) is 18.2 Å². The van der Waals surface area contributed by atoms with Gasteiger partial charge in [-0.3, -0.25) is 0 Å². The fraction of sp³-hybridized carbons (Fsp3) is 0.769. The number of hydrogen-bond donors (Lipinski definition) is 1. The number of likely N-dealkylation sites (N-methyl/N-ethyl adjacent to an activating group) is 1. The van der Waals surface area contributed by atoms with E-state index in [0.29, 0.717) is 0 Å². The van der Waals surface area contributed by atoms with E-state index in [2.05, 4.69) is 21.9 Å². The number of nitrogens with zero attached hydrogens (tertiary/aromatic N) is 2. The highest BCUT2D eigenvalue weighted by Crippen LogP contribution is 2.23. The number of nitrogens with one attached hydrogen (secondary N) is 1. The normalized spacial score (nSPS) is 18.1. The maximum absolute atomic E-state index is 4.04. The molecule has 1 aromatic heterocycles. The highest BCUT2D eigenvalue weighted by Gasteiger charge is 2.15. The highest BCUT2D eigenvalue weighted by atomic mass is 15.1. The zero-order valence-corrected chi connectivity index (χ0v) is 10.3. The van der Waals surface area contributed by atoms with Crippen LogP contribution in [0.25, 0.3) is 0 Å². The standard InChI is InChI=1S/C13H23N3/c1-16(8-7-13-9-14-11-15-13)10-12-5-3-2-4-6-12/h9,11-12H,2-8,10H2,1H3,(H,14,15). The second-order valence-corrected chi connectivity index (χ2v) is 5.09. The van der Waals surface area contributed by atoms with Gasteiger partial charge in [0.2, 0.25) is 0 Å². The molecule has 3 heteroatoms. The molecule has 16 heavy (non-hydrogen) atoms. The van der Waals surface area contributed by atoms with E-state index in [1.807, 2.05) is 6.20 Å². The smallest absolute Gasteiger partial charge is 0.0921 e. The molecule has 1 fully saturated rings. The summed E-state index contributed by atoms with van der Waals surface area (Å²) in [5.74, 6) is 0.945. The molecule has 1 N–H and O–H groups in total. The molecule has 0 amide bonds. The molecule has 0 aliphatic heterocycles. The molecule has 1 aliphatic rings. The lowest BCUT2D eigenvalue weighted by Gasteiger charge is -2.26. The third kappa shape index (κ3) is 3.63. The Morgan fingerprint density at radius 3 is 2.88 bits per heavy atom. The SMILES string of the molecule is CN(CCc1cnc[nH]1)CC1CCCCC1. The Bertz CT molecular complexity index is 275. The molecule has 0 atom stereocenters. The summed E-state index contributed by atoms with van der Waals surface area (Å²) in [5, 5.41) is 0. The van der Waals surface area contributed by atoms with Crippen LogP contribution in [0.2, 0.25) is 0 Å². The van der Waals surface area contributed by atoms with Crippen LogP contribution >= 0.6 is 0 Å². The quantitative estimate of drug-likeness (QED) is 0.828. The molecule has 0 unspecified atom stereocenters. The van der Waals surface area contributed by atoms with Gasteiger partial charge in [-0.15, -0.1) is 0 Å². The first-order valence-corrected chi connectivity index (χ1v) is 6.50. The molecule has 0 radical (unpaired) electrons. The maximum Gasteiger partial charge on any atom is 0.0921 e. The van der Waals surface area contributed by atoms with Gasteiger partial charge < -0.3 is 9.88 Å². The van der Waals surface area contributed by atoms with Crippen molar-refractivity contribution in [1.29, 1.82) is 0 Å². The van der Waals surface area contributed by atoms with Gasteiger partial charge in [0.05, 0.1) is 6.33 Å². The summed E-state index contributed by atoms with van der Waals surface area (Å²) in [6.07, 6.45) is 12.0. The van der Waals surface area contributed by atoms with Crippen molar-refractivity contribution in [3.8, 4) is 0 Å². The minimum atomic E-state index is 0.945. The molecule has 1 aliphatic carbocycles. The minimum Gasteiger partial charge on any atom is -0.348 e. The molecule has 1 aromatic rings. The molecule has 0 saturated heterocycles. The Balaban J connectivity index is 1.65. The molecule has 3 nitrogen and oxygen atoms in total. The van der Waals surface area contributed by atoms with Crippen LogP contribution in [0.4, 0.5) is 0 Å². The molecule has 0 aromatic carbocycles. The molecular formula is C13H23N3. The topological polar surface area (TPSA) is 31.9 Å². The first kappa shape index (κ1) is 11.6. The number of H-pyrrole nitrogens is 1. The van der Waals surface area contributed by atoms with E-state index in [1.165, 1.54) is 44.3 Å². The van der Waals surface area contributed by atoms with Gasteiger partial charge in [0, 0.05) is 31.4 Å². The molecule has 0 bridgehead atoms. The van der Waals surface area contributed by atoms with E-state index in [0.717, 1.165) is 18.9 Å². The Labute approximate surface area is 98.3 Å². The van der Waals surface area contributed by atoms with Gasteiger partial charge in [0.1, 0.15) is 0 Å². The maximum atomic E-state index is 4.04. The minimum absolute atomic E-state index is 0.945. The van der Waals surface area contributed by atoms with E-state index >= 15 is 0 Å². The monoisotopic (exact) mass is 221 g/mol. The Kier molecular flexibility index (Phi) is 4.40. The zero-order chi connectivity index (χ0) is 11.2. The summed E-state index contributed by atoms with van der Waals surface area (Å²) in [4.78, 5) is 9.67. The second kappa shape index (κ2) is 6.04. The van der Waals surface area contributed by atoms with Gasteiger partial charge in [-0.05, 0) is 25.8 Å². The fourth-order valence-electron chi connectivity index (χ4n) is 2.63. The van der Waals surface area contributed by atoms with Crippen molar-refractivity contribution in [2.45, 2.75) is 38.5 Å². The lowest BCUT2D eigenvalue weighted by Crippen LogP contribution is -2.28. The molecule has 1 saturated carbocycles. The summed E-state index contributed by atoms with van der Waals surface area (Å²) in [6.45, 7) is 2.41. The summed E-state index contributed by atoms with van der Waals surface area (Å²) in [5.41, 5.74) is 1.25. The lowest BCUT2D eigenvalue weighted by atomic mass is 9.89. The van der Waals surface area contributed by atoms with Crippen molar-refractivity contribution in [1.82, 2.24) is 14.9 Å². The van der Waals surface area contributed by atoms with E-state index < -0.39 is 0 Å². The third-order valence-electron chi connectivity index (χ3n) is 3.61. The van der Waals surface area contributed by atoms with Crippen LogP contribution in [0.1, 0.15) is 37.8 Å². The average molecular weight is 221 g/mol. The van der Waals surface area contributed by atoms with Gasteiger partial charge >= 0.3 is 0 Å². The van der Waals surface area contributed by atoms with Crippen LogP contribution in [0.3, 0.4) is 0 Å². The van der Waals surface area contributed by atoms with Crippen LogP contribution in [0.5, 0.6) is 0 Å². The number of aromatic amines is 1. The Hall–Kier alpha value is -0.830. The second-order valence-electron chi connectivity index (χ2n) is 5.09. The lowest BCUT2D eigenvalue weighted by molar-refractivity contribution is 0.235. The molecule has 2 rings (SSSR count). The predicted molar refractivity (Wildman–Crippen MR) is 66.4 cm³/mol. The Morgan fingerprint density at radius 1 is 1.38 bits per heavy atom. The van der Waals surface area contributed by atoms with Gasteiger partial charge in [-0.2, -0.15) is 0 Å². The Morgan fingerprint density at radius 2 is 2.19 bits per heavy atom. The summed E-state index contributed by atoms with van der Waals surface area (Å²) in [6, 6.07) is 0. The van der Waals surface area contributed by atoms with E-state index in [-0.39, 0.29) is 0 Å². The van der Waals surface area contributed by atoms with Crippen molar-refractivity contribution >= 4 is 0 Å². The van der Waals surface area contributed by atoms with Crippen LogP contribution in [0.15, 0.2) is 12.5 Å². The summed E-state index contributed by atoms with van der Waals surface area (Å²) < 4.78 is 0. The largest absolute Gasteiger partial charge is 0.348 e. The number of aromatic nitrogens is 2. The molecule has 1 heterocycles. The molecular weight excluding hydrogens is 198 g/mol. The van der Waals surface area contributed by atoms with Gasteiger partial charge in [0.15, 0.2) is 0 Å². The summed E-state index contributed by atoms with van der Waals surface area (Å²) >= 11 is 0. The van der Waals surface area contributed by atoms with Crippen molar-refractivity contribution in [2.75, 3.05) is 20.1 Å². The van der Waals surface area contributed by atoms with Gasteiger partial charge in [0.25, 0.3) is 0 Å². The van der Waals surface area contributed by atoms with Crippen LogP contribution in [0, 0.1) is 5.92 Å². The number of hydrogen-bond acceptors (Lipinski definition) is 2. The fourth-order valence-corrected chi connectivity index (χ4v) is 2.63. The van der Waals surface area contributed by atoms with Crippen molar-refractivity contribution in [2.24, 2.45) is 5.92 Å². The highest BCUT2D eigenvalue weighted by molar-refractivity contribution is 4.94. The van der Waals surface area contributed by atoms with Crippen LogP contribution in [-0.4, -0.2) is 35.0 Å². The van der Waals surface area contributed by atoms with Crippen molar-refractivity contribution < 1.29 is 0 Å². The summed E-state index contributed by atoms with van der Waals surface area (Å²) in [7, 11) is 2.24. The van der Waals surface area contributed by atoms with E-state index in [4.69, 9.17) is 0 Å². The van der Waals surface area contributed by atoms with Gasteiger partial charge in [-0.25, -0.2) is 4.98 Å². The first-order chi connectivity index (χ1) is 7.84. The van der Waals surface area contributed by atoms with Crippen LogP contribution < -0.4 is 0 Å². The first-order valence-electron chi connectivity index (χ1n) is 6.50. The zero-order valence-electron chi connectivity index (χ0n) is 10.3. The van der Waals surface area contributed by atoms with E-state index in [1.54, 1.807) is 6.33 Å². The molecule has 0 spiro atoms. The van der Waals surface area contributed by atoms with Gasteiger partial charge in [-0.1, -0.05) is 19.3 Å². The number of rotatable bonds is 5. The van der Waals surface area contributed by atoms with E-state index in [9.17, 15) is 0 Å². The van der Waals surface area contributed by atoms with Crippen LogP contribution in [-0.2, 0) is 6.42 Å². The third-order valence-corrected chi connectivity index (χ3v) is 3.61. The average Bonchev–Trinajstić information content (AvgIpc) is 2.81. The predicted octanol–water partition coefficient (Wildman–Crippen LogP) is 2.46.